The monoisotopic (exact) mass is 484 g/mol. The van der Waals surface area contributed by atoms with Gasteiger partial charge in [-0.05, 0) is 20.2 Å². The SMILES string of the molecule is CN(C)CCNC(=O)c1nc(NC(=O)c2cc(NC(=O)c3nc(NC=O)cn3C)cn2C)cn1C. The number of rotatable bonds is 10. The third-order valence-corrected chi connectivity index (χ3v) is 4.95. The maximum atomic E-state index is 12.8. The molecule has 3 rings (SSSR count). The van der Waals surface area contributed by atoms with E-state index >= 15 is 0 Å². The number of carbonyl (C=O) groups is 4. The molecule has 4 N–H and O–H groups in total. The number of aromatic nitrogens is 5. The lowest BCUT2D eigenvalue weighted by Crippen LogP contribution is -2.32. The molecule has 3 aromatic rings. The number of amides is 4. The largest absolute Gasteiger partial charge is 0.348 e. The fourth-order valence-electron chi connectivity index (χ4n) is 3.24. The molecular weight excluding hydrogens is 456 g/mol. The van der Waals surface area contributed by atoms with Gasteiger partial charge in [0.15, 0.2) is 11.6 Å². The highest BCUT2D eigenvalue weighted by Crippen LogP contribution is 2.17. The number of nitrogens with one attached hydrogen (secondary N) is 4. The highest BCUT2D eigenvalue weighted by molar-refractivity contribution is 6.06. The van der Waals surface area contributed by atoms with Gasteiger partial charge in [0.05, 0.1) is 5.69 Å². The van der Waals surface area contributed by atoms with Gasteiger partial charge in [-0.25, -0.2) is 9.97 Å². The lowest BCUT2D eigenvalue weighted by atomic mass is 10.3. The van der Waals surface area contributed by atoms with Crippen LogP contribution in [0, 0.1) is 0 Å². The van der Waals surface area contributed by atoms with Gasteiger partial charge >= 0.3 is 0 Å². The van der Waals surface area contributed by atoms with Gasteiger partial charge in [0, 0.05) is 52.8 Å². The number of hydrogen-bond donors (Lipinski definition) is 4. The zero-order valence-electron chi connectivity index (χ0n) is 20.1. The minimum absolute atomic E-state index is 0.0778. The summed E-state index contributed by atoms with van der Waals surface area (Å²) in [5.74, 6) is -0.642. The molecule has 0 saturated heterocycles. The van der Waals surface area contributed by atoms with Crippen molar-refractivity contribution in [2.45, 2.75) is 0 Å². The van der Waals surface area contributed by atoms with Crippen molar-refractivity contribution in [1.82, 2.24) is 33.9 Å². The molecule has 0 radical (unpaired) electrons. The Labute approximate surface area is 201 Å². The topological polar surface area (TPSA) is 160 Å². The van der Waals surface area contributed by atoms with E-state index in [1.807, 2.05) is 19.0 Å². The van der Waals surface area contributed by atoms with Gasteiger partial charge in [0.25, 0.3) is 17.7 Å². The average Bonchev–Trinajstić information content (AvgIpc) is 3.44. The first-order valence-electron chi connectivity index (χ1n) is 10.6. The molecule has 0 aromatic carbocycles. The fourth-order valence-corrected chi connectivity index (χ4v) is 3.24. The first-order valence-corrected chi connectivity index (χ1v) is 10.6. The van der Waals surface area contributed by atoms with E-state index in [0.29, 0.717) is 25.2 Å². The summed E-state index contributed by atoms with van der Waals surface area (Å²) in [6.07, 6.45) is 5.07. The summed E-state index contributed by atoms with van der Waals surface area (Å²) >= 11 is 0. The number of likely N-dealkylation sites (N-methyl/N-ethyl adjacent to an activating group) is 1. The maximum absolute atomic E-state index is 12.8. The van der Waals surface area contributed by atoms with Gasteiger partial charge < -0.3 is 39.9 Å². The second-order valence-electron chi connectivity index (χ2n) is 8.08. The molecule has 0 bridgehead atoms. The number of anilines is 3. The molecule has 3 aromatic heterocycles. The molecule has 0 spiro atoms. The molecule has 0 aliphatic heterocycles. The van der Waals surface area contributed by atoms with E-state index in [2.05, 4.69) is 31.2 Å². The van der Waals surface area contributed by atoms with Crippen LogP contribution in [-0.2, 0) is 25.9 Å². The molecule has 0 aliphatic carbocycles. The van der Waals surface area contributed by atoms with Crippen molar-refractivity contribution in [3.63, 3.8) is 0 Å². The Morgan fingerprint density at radius 3 is 2.17 bits per heavy atom. The lowest BCUT2D eigenvalue weighted by Gasteiger charge is -2.09. The van der Waals surface area contributed by atoms with Crippen LogP contribution in [0.1, 0.15) is 31.7 Å². The van der Waals surface area contributed by atoms with E-state index < -0.39 is 11.8 Å². The highest BCUT2D eigenvalue weighted by Gasteiger charge is 2.19. The predicted molar refractivity (Wildman–Crippen MR) is 128 cm³/mol. The van der Waals surface area contributed by atoms with Gasteiger partial charge in [-0.2, -0.15) is 0 Å². The first kappa shape index (κ1) is 25.2. The zero-order chi connectivity index (χ0) is 25.7. The van der Waals surface area contributed by atoms with Crippen molar-refractivity contribution < 1.29 is 19.2 Å². The minimum atomic E-state index is -0.515. The van der Waals surface area contributed by atoms with Crippen molar-refractivity contribution in [2.75, 3.05) is 43.1 Å². The summed E-state index contributed by atoms with van der Waals surface area (Å²) < 4.78 is 4.53. The van der Waals surface area contributed by atoms with Gasteiger partial charge in [0.1, 0.15) is 5.69 Å². The third-order valence-electron chi connectivity index (χ3n) is 4.95. The van der Waals surface area contributed by atoms with E-state index in [1.54, 1.807) is 31.9 Å². The Balaban J connectivity index is 1.66. The van der Waals surface area contributed by atoms with Crippen LogP contribution in [0.5, 0.6) is 0 Å². The van der Waals surface area contributed by atoms with Crippen LogP contribution >= 0.6 is 0 Å². The minimum Gasteiger partial charge on any atom is -0.348 e. The predicted octanol–water partition coefficient (Wildman–Crippen LogP) is -0.144. The molecule has 4 amide bonds. The van der Waals surface area contributed by atoms with Crippen LogP contribution < -0.4 is 21.3 Å². The van der Waals surface area contributed by atoms with Crippen molar-refractivity contribution in [3.8, 4) is 0 Å². The number of carbonyl (C=O) groups excluding carboxylic acids is 4. The standard InChI is InChI=1S/C21H28N10O4/c1-28(2)7-6-22-20(34)17-26-16(11-31(17)5)27-19(33)14-8-13(9-29(14)3)24-21(35)18-25-15(23-12-32)10-30(18)4/h8-12H,6-7H2,1-5H3,(H,22,34)(H,23,32)(H,24,35)(H,27,33). The quantitative estimate of drug-likeness (QED) is 0.291. The van der Waals surface area contributed by atoms with Crippen LogP contribution in [0.15, 0.2) is 24.7 Å². The van der Waals surface area contributed by atoms with Crippen molar-refractivity contribution >= 4 is 41.5 Å². The molecule has 0 unspecified atom stereocenters. The van der Waals surface area contributed by atoms with Crippen LogP contribution in [0.2, 0.25) is 0 Å². The van der Waals surface area contributed by atoms with Crippen LogP contribution in [-0.4, -0.2) is 79.9 Å². The summed E-state index contributed by atoms with van der Waals surface area (Å²) in [7, 11) is 8.74. The van der Waals surface area contributed by atoms with Crippen LogP contribution in [0.25, 0.3) is 0 Å². The summed E-state index contributed by atoms with van der Waals surface area (Å²) in [6, 6.07) is 1.50. The van der Waals surface area contributed by atoms with Gasteiger partial charge in [-0.1, -0.05) is 0 Å². The molecular formula is C21H28N10O4. The maximum Gasteiger partial charge on any atom is 0.291 e. The number of hydrogen-bond acceptors (Lipinski definition) is 7. The third kappa shape index (κ3) is 6.11. The Kier molecular flexibility index (Phi) is 7.66. The Bertz CT molecular complexity index is 1250. The normalized spacial score (nSPS) is 10.8. The van der Waals surface area contributed by atoms with Crippen LogP contribution in [0.3, 0.4) is 0 Å². The van der Waals surface area contributed by atoms with E-state index in [9.17, 15) is 19.2 Å². The lowest BCUT2D eigenvalue weighted by molar-refractivity contribution is -0.105. The highest BCUT2D eigenvalue weighted by atomic mass is 16.2. The first-order chi connectivity index (χ1) is 16.6. The van der Waals surface area contributed by atoms with E-state index in [0.717, 1.165) is 0 Å². The van der Waals surface area contributed by atoms with Crippen molar-refractivity contribution in [2.24, 2.45) is 21.1 Å². The Hall–Kier alpha value is -4.46. The van der Waals surface area contributed by atoms with E-state index in [1.165, 1.54) is 27.6 Å². The Morgan fingerprint density at radius 2 is 1.51 bits per heavy atom. The molecule has 35 heavy (non-hydrogen) atoms. The fraction of sp³-hybridized carbons (Fsp3) is 0.333. The smallest absolute Gasteiger partial charge is 0.291 e. The molecule has 3 heterocycles. The second kappa shape index (κ2) is 10.6. The summed E-state index contributed by atoms with van der Waals surface area (Å²) in [5.41, 5.74) is 0.628. The molecule has 14 heteroatoms. The van der Waals surface area contributed by atoms with E-state index in [-0.39, 0.29) is 34.9 Å². The summed E-state index contributed by atoms with van der Waals surface area (Å²) in [6.45, 7) is 1.15. The Morgan fingerprint density at radius 1 is 0.886 bits per heavy atom. The second-order valence-corrected chi connectivity index (χ2v) is 8.08. The molecule has 0 atom stereocenters. The van der Waals surface area contributed by atoms with Crippen molar-refractivity contribution in [3.05, 3.63) is 42.0 Å². The van der Waals surface area contributed by atoms with Crippen LogP contribution in [0.4, 0.5) is 17.3 Å². The molecule has 0 fully saturated rings. The zero-order valence-corrected chi connectivity index (χ0v) is 20.1. The average molecular weight is 485 g/mol. The number of imidazole rings is 2. The van der Waals surface area contributed by atoms with E-state index in [4.69, 9.17) is 0 Å². The summed E-state index contributed by atoms with van der Waals surface area (Å²) in [5, 5.41) is 10.5. The summed E-state index contributed by atoms with van der Waals surface area (Å²) in [4.78, 5) is 58.5. The van der Waals surface area contributed by atoms with Crippen molar-refractivity contribution in [1.29, 1.82) is 0 Å². The molecule has 14 nitrogen and oxygen atoms in total. The van der Waals surface area contributed by atoms with Gasteiger partial charge in [-0.15, -0.1) is 0 Å². The van der Waals surface area contributed by atoms with Gasteiger partial charge in [-0.3, -0.25) is 19.2 Å². The number of nitrogens with zero attached hydrogens (tertiary/aromatic N) is 6. The van der Waals surface area contributed by atoms with Gasteiger partial charge in [0.2, 0.25) is 18.1 Å². The number of aryl methyl sites for hydroxylation is 3. The molecule has 186 valence electrons. The molecule has 0 aliphatic rings. The molecule has 0 saturated carbocycles.